The second-order valence-electron chi connectivity index (χ2n) is 7.43. The third-order valence-electron chi connectivity index (χ3n) is 4.53. The van der Waals surface area contributed by atoms with Crippen molar-refractivity contribution >= 4 is 27.7 Å². The topological polar surface area (TPSA) is 125 Å². The molecule has 0 bridgehead atoms. The number of rotatable bonds is 7. The third-order valence-corrected chi connectivity index (χ3v) is 6.34. The average molecular weight is 465 g/mol. The van der Waals surface area contributed by atoms with Crippen LogP contribution in [0.4, 0.5) is 4.39 Å². The predicted molar refractivity (Wildman–Crippen MR) is 115 cm³/mol. The van der Waals surface area contributed by atoms with E-state index in [9.17, 15) is 27.2 Å². The molecule has 0 radical (unpaired) electrons. The number of hydrazine groups is 1. The summed E-state index contributed by atoms with van der Waals surface area (Å²) in [6.07, 6.45) is 0. The second-order valence-corrected chi connectivity index (χ2v) is 9.59. The lowest BCUT2D eigenvalue weighted by molar-refractivity contribution is -0.124. The van der Waals surface area contributed by atoms with Gasteiger partial charge < -0.3 is 5.32 Å². The van der Waals surface area contributed by atoms with E-state index < -0.39 is 39.6 Å². The lowest BCUT2D eigenvalue weighted by atomic mass is 10.0. The fraction of sp³-hybridized carbons (Fsp3) is 0.286. The van der Waals surface area contributed by atoms with Gasteiger partial charge in [-0.05, 0) is 36.2 Å². The van der Waals surface area contributed by atoms with Gasteiger partial charge in [-0.3, -0.25) is 25.2 Å². The van der Waals surface area contributed by atoms with Crippen LogP contribution in [0.1, 0.15) is 34.6 Å². The zero-order valence-corrected chi connectivity index (χ0v) is 18.9. The van der Waals surface area contributed by atoms with E-state index in [1.165, 1.54) is 56.6 Å². The van der Waals surface area contributed by atoms with E-state index in [2.05, 4.69) is 16.2 Å². The van der Waals surface area contributed by atoms with Gasteiger partial charge in [-0.15, -0.1) is 0 Å². The van der Waals surface area contributed by atoms with E-state index in [4.69, 9.17) is 0 Å². The molecular weight excluding hydrogens is 439 g/mol. The molecule has 32 heavy (non-hydrogen) atoms. The van der Waals surface area contributed by atoms with Crippen LogP contribution in [0, 0.1) is 11.7 Å². The monoisotopic (exact) mass is 464 g/mol. The molecule has 11 heteroatoms. The molecule has 0 fully saturated rings. The van der Waals surface area contributed by atoms with E-state index in [0.717, 1.165) is 10.4 Å². The van der Waals surface area contributed by atoms with Crippen LogP contribution >= 0.6 is 0 Å². The Morgan fingerprint density at radius 3 is 2.19 bits per heavy atom. The van der Waals surface area contributed by atoms with Crippen LogP contribution in [0.5, 0.6) is 0 Å². The largest absolute Gasteiger partial charge is 0.340 e. The van der Waals surface area contributed by atoms with Gasteiger partial charge in [-0.2, -0.15) is 0 Å². The van der Waals surface area contributed by atoms with Crippen LogP contribution < -0.4 is 16.2 Å². The summed E-state index contributed by atoms with van der Waals surface area (Å²) in [7, 11) is -1.01. The standard InChI is InChI=1S/C21H25FN4O5S/c1-13(2)18(23-20(28)16-10-5-6-11-17(16)22)21(29)25-24-19(27)14-8-7-9-15(12-14)32(30,31)26(3)4/h5-13,18H,1-4H3,(H,23,28)(H,24,27)(H,25,29)/t18-/m0/s1. The number of halogens is 1. The van der Waals surface area contributed by atoms with Crippen LogP contribution in [-0.2, 0) is 14.8 Å². The molecule has 0 saturated heterocycles. The number of hydrogen-bond acceptors (Lipinski definition) is 5. The van der Waals surface area contributed by atoms with Crippen molar-refractivity contribution in [2.75, 3.05) is 14.1 Å². The van der Waals surface area contributed by atoms with Crippen molar-refractivity contribution in [1.29, 1.82) is 0 Å². The molecule has 1 atom stereocenters. The van der Waals surface area contributed by atoms with E-state index >= 15 is 0 Å². The Labute approximate surface area is 186 Å². The quantitative estimate of drug-likeness (QED) is 0.533. The first-order valence-corrected chi connectivity index (χ1v) is 11.1. The molecule has 9 nitrogen and oxygen atoms in total. The zero-order chi connectivity index (χ0) is 24.1. The van der Waals surface area contributed by atoms with Crippen LogP contribution in [-0.4, -0.2) is 50.6 Å². The van der Waals surface area contributed by atoms with E-state index in [1.54, 1.807) is 13.8 Å². The highest BCUT2D eigenvalue weighted by Crippen LogP contribution is 2.15. The Kier molecular flexibility index (Phi) is 8.06. The first-order chi connectivity index (χ1) is 14.9. The number of nitrogens with zero attached hydrogens (tertiary/aromatic N) is 1. The van der Waals surface area contributed by atoms with Gasteiger partial charge in [0, 0.05) is 19.7 Å². The number of hydrogen-bond donors (Lipinski definition) is 3. The highest BCUT2D eigenvalue weighted by Gasteiger charge is 2.26. The molecule has 0 spiro atoms. The van der Waals surface area contributed by atoms with E-state index in [1.807, 2.05) is 0 Å². The number of carbonyl (C=O) groups is 3. The van der Waals surface area contributed by atoms with Crippen LogP contribution in [0.15, 0.2) is 53.4 Å². The van der Waals surface area contributed by atoms with Gasteiger partial charge in [0.2, 0.25) is 10.0 Å². The molecule has 3 amide bonds. The summed E-state index contributed by atoms with van der Waals surface area (Å²) in [6, 6.07) is 9.59. The van der Waals surface area contributed by atoms with Gasteiger partial charge in [0.1, 0.15) is 11.9 Å². The first kappa shape index (κ1) is 25.0. The van der Waals surface area contributed by atoms with E-state index in [0.29, 0.717) is 0 Å². The van der Waals surface area contributed by atoms with Crippen molar-refractivity contribution in [2.45, 2.75) is 24.8 Å². The van der Waals surface area contributed by atoms with Crippen molar-refractivity contribution in [1.82, 2.24) is 20.5 Å². The summed E-state index contributed by atoms with van der Waals surface area (Å²) in [5, 5.41) is 2.45. The smallest absolute Gasteiger partial charge is 0.269 e. The lowest BCUT2D eigenvalue weighted by Gasteiger charge is -2.22. The molecule has 3 N–H and O–H groups in total. The molecule has 2 rings (SSSR count). The summed E-state index contributed by atoms with van der Waals surface area (Å²) in [6.45, 7) is 3.34. The normalized spacial score (nSPS) is 12.3. The summed E-state index contributed by atoms with van der Waals surface area (Å²) >= 11 is 0. The van der Waals surface area contributed by atoms with Crippen molar-refractivity contribution in [3.05, 3.63) is 65.5 Å². The minimum absolute atomic E-state index is 0.00436. The molecule has 0 unspecified atom stereocenters. The molecule has 0 heterocycles. The van der Waals surface area contributed by atoms with Crippen LogP contribution in [0.25, 0.3) is 0 Å². The van der Waals surface area contributed by atoms with Crippen molar-refractivity contribution in [3.63, 3.8) is 0 Å². The predicted octanol–water partition coefficient (Wildman–Crippen LogP) is 1.29. The minimum atomic E-state index is -3.74. The van der Waals surface area contributed by atoms with Crippen molar-refractivity contribution < 1.29 is 27.2 Å². The molecule has 2 aromatic rings. The van der Waals surface area contributed by atoms with Gasteiger partial charge in [0.15, 0.2) is 0 Å². The van der Waals surface area contributed by atoms with Gasteiger partial charge in [-0.25, -0.2) is 17.1 Å². The molecule has 0 saturated carbocycles. The summed E-state index contributed by atoms with van der Waals surface area (Å²) in [5.74, 6) is -3.36. The maximum atomic E-state index is 13.8. The Balaban J connectivity index is 2.08. The molecule has 172 valence electrons. The Morgan fingerprint density at radius 2 is 1.59 bits per heavy atom. The van der Waals surface area contributed by atoms with Gasteiger partial charge >= 0.3 is 0 Å². The van der Waals surface area contributed by atoms with Crippen molar-refractivity contribution in [3.8, 4) is 0 Å². The second kappa shape index (κ2) is 10.3. The summed E-state index contributed by atoms with van der Waals surface area (Å²) in [5.41, 5.74) is 4.19. The SMILES string of the molecule is CC(C)[C@H](NC(=O)c1ccccc1F)C(=O)NNC(=O)c1cccc(S(=O)(=O)N(C)C)c1. The molecule has 2 aromatic carbocycles. The highest BCUT2D eigenvalue weighted by atomic mass is 32.2. The third kappa shape index (κ3) is 5.89. The Morgan fingerprint density at radius 1 is 0.938 bits per heavy atom. The number of sulfonamides is 1. The highest BCUT2D eigenvalue weighted by molar-refractivity contribution is 7.89. The average Bonchev–Trinajstić information content (AvgIpc) is 2.75. The molecule has 0 aliphatic carbocycles. The Hall–Kier alpha value is -3.31. The Bertz CT molecular complexity index is 1120. The lowest BCUT2D eigenvalue weighted by Crippen LogP contribution is -2.54. The van der Waals surface area contributed by atoms with Gasteiger partial charge in [0.25, 0.3) is 17.7 Å². The zero-order valence-electron chi connectivity index (χ0n) is 18.0. The van der Waals surface area contributed by atoms with Crippen LogP contribution in [0.3, 0.4) is 0 Å². The minimum Gasteiger partial charge on any atom is -0.340 e. The first-order valence-electron chi connectivity index (χ1n) is 9.63. The maximum absolute atomic E-state index is 13.8. The summed E-state index contributed by atoms with van der Waals surface area (Å²) < 4.78 is 39.3. The van der Waals surface area contributed by atoms with Gasteiger partial charge in [-0.1, -0.05) is 32.0 Å². The van der Waals surface area contributed by atoms with Gasteiger partial charge in [0.05, 0.1) is 10.5 Å². The molecular formula is C21H25FN4O5S. The molecule has 0 aromatic heterocycles. The molecule has 0 aliphatic heterocycles. The number of nitrogens with one attached hydrogen (secondary N) is 3. The van der Waals surface area contributed by atoms with Crippen LogP contribution in [0.2, 0.25) is 0 Å². The number of benzene rings is 2. The fourth-order valence-corrected chi connectivity index (χ4v) is 3.62. The fourth-order valence-electron chi connectivity index (χ4n) is 2.68. The maximum Gasteiger partial charge on any atom is 0.269 e. The number of carbonyl (C=O) groups excluding carboxylic acids is 3. The van der Waals surface area contributed by atoms with E-state index in [-0.39, 0.29) is 21.9 Å². The number of amides is 3. The summed E-state index contributed by atoms with van der Waals surface area (Å²) in [4.78, 5) is 37.2. The van der Waals surface area contributed by atoms with Crippen molar-refractivity contribution in [2.24, 2.45) is 5.92 Å². The molecule has 0 aliphatic rings.